The van der Waals surface area contributed by atoms with Crippen LogP contribution in [0.15, 0.2) is 47.4 Å². The Kier molecular flexibility index (Phi) is 5.79. The molecular weight excluding hydrogens is 370 g/mol. The van der Waals surface area contributed by atoms with E-state index in [2.05, 4.69) is 20.1 Å². The Labute approximate surface area is 168 Å². The van der Waals surface area contributed by atoms with Crippen LogP contribution in [0.5, 0.6) is 5.75 Å². The molecule has 0 N–H and O–H groups in total. The SMILES string of the molecule is COc1ccccc1CC(=O)N1CCC[C@H](Cc2nc(-c3cnccn3)no2)C1. The van der Waals surface area contributed by atoms with Gasteiger partial charge in [-0.25, -0.2) is 4.98 Å². The predicted molar refractivity (Wildman–Crippen MR) is 105 cm³/mol. The zero-order valence-corrected chi connectivity index (χ0v) is 16.3. The lowest BCUT2D eigenvalue weighted by atomic mass is 9.94. The molecule has 0 bridgehead atoms. The first-order valence-electron chi connectivity index (χ1n) is 9.71. The summed E-state index contributed by atoms with van der Waals surface area (Å²) >= 11 is 0. The van der Waals surface area contributed by atoms with Gasteiger partial charge in [-0.1, -0.05) is 23.4 Å². The average Bonchev–Trinajstić information content (AvgIpc) is 3.23. The number of benzene rings is 1. The molecule has 2 aromatic heterocycles. The van der Waals surface area contributed by atoms with Gasteiger partial charge in [-0.15, -0.1) is 0 Å². The average molecular weight is 393 g/mol. The lowest BCUT2D eigenvalue weighted by molar-refractivity contribution is -0.132. The van der Waals surface area contributed by atoms with Crippen molar-refractivity contribution >= 4 is 5.91 Å². The van der Waals surface area contributed by atoms with Crippen molar-refractivity contribution in [1.82, 2.24) is 25.0 Å². The van der Waals surface area contributed by atoms with Crippen molar-refractivity contribution in [3.63, 3.8) is 0 Å². The van der Waals surface area contributed by atoms with E-state index in [1.165, 1.54) is 0 Å². The number of aromatic nitrogens is 4. The van der Waals surface area contributed by atoms with Crippen LogP contribution >= 0.6 is 0 Å². The largest absolute Gasteiger partial charge is 0.496 e. The van der Waals surface area contributed by atoms with E-state index in [4.69, 9.17) is 9.26 Å². The molecular formula is C21H23N5O3. The first-order valence-corrected chi connectivity index (χ1v) is 9.71. The molecule has 1 fully saturated rings. The van der Waals surface area contributed by atoms with Gasteiger partial charge in [0.25, 0.3) is 0 Å². The van der Waals surface area contributed by atoms with Crippen molar-refractivity contribution in [3.05, 3.63) is 54.3 Å². The van der Waals surface area contributed by atoms with Gasteiger partial charge in [0.1, 0.15) is 11.4 Å². The Morgan fingerprint density at radius 2 is 2.21 bits per heavy atom. The van der Waals surface area contributed by atoms with Crippen molar-refractivity contribution in [2.45, 2.75) is 25.7 Å². The summed E-state index contributed by atoms with van der Waals surface area (Å²) in [5.41, 5.74) is 1.49. The van der Waals surface area contributed by atoms with Crippen LogP contribution in [0.1, 0.15) is 24.3 Å². The van der Waals surface area contributed by atoms with Crippen molar-refractivity contribution in [1.29, 1.82) is 0 Å². The first-order chi connectivity index (χ1) is 14.2. The fraction of sp³-hybridized carbons (Fsp3) is 0.381. The number of carbonyl (C=O) groups is 1. The topological polar surface area (TPSA) is 94.2 Å². The molecule has 0 unspecified atom stereocenters. The Bertz CT molecular complexity index is 960. The quantitative estimate of drug-likeness (QED) is 0.635. The van der Waals surface area contributed by atoms with E-state index < -0.39 is 0 Å². The Balaban J connectivity index is 1.37. The number of amides is 1. The summed E-state index contributed by atoms with van der Waals surface area (Å²) in [7, 11) is 1.62. The van der Waals surface area contributed by atoms with E-state index >= 15 is 0 Å². The number of rotatable bonds is 6. The molecule has 0 aliphatic carbocycles. The molecule has 1 aliphatic heterocycles. The smallest absolute Gasteiger partial charge is 0.227 e. The molecule has 1 aromatic carbocycles. The maximum absolute atomic E-state index is 12.8. The number of nitrogens with zero attached hydrogens (tertiary/aromatic N) is 5. The number of hydrogen-bond acceptors (Lipinski definition) is 7. The number of para-hydroxylation sites is 1. The maximum Gasteiger partial charge on any atom is 0.227 e. The summed E-state index contributed by atoms with van der Waals surface area (Å²) in [6, 6.07) is 7.65. The van der Waals surface area contributed by atoms with Crippen LogP contribution in [0.2, 0.25) is 0 Å². The summed E-state index contributed by atoms with van der Waals surface area (Å²) in [4.78, 5) is 27.4. The van der Waals surface area contributed by atoms with Crippen LogP contribution < -0.4 is 4.74 Å². The van der Waals surface area contributed by atoms with Crippen LogP contribution in [-0.4, -0.2) is 51.1 Å². The molecule has 1 saturated heterocycles. The van der Waals surface area contributed by atoms with E-state index in [0.29, 0.717) is 42.7 Å². The maximum atomic E-state index is 12.8. The third-order valence-corrected chi connectivity index (χ3v) is 5.13. The van der Waals surface area contributed by atoms with Gasteiger partial charge >= 0.3 is 0 Å². The van der Waals surface area contributed by atoms with E-state index in [1.54, 1.807) is 25.7 Å². The van der Waals surface area contributed by atoms with Crippen LogP contribution in [0.3, 0.4) is 0 Å². The zero-order valence-electron chi connectivity index (χ0n) is 16.3. The number of ether oxygens (including phenoxy) is 1. The van der Waals surface area contributed by atoms with Crippen LogP contribution in [-0.2, 0) is 17.6 Å². The summed E-state index contributed by atoms with van der Waals surface area (Å²) in [6.45, 7) is 1.47. The van der Waals surface area contributed by atoms with Crippen molar-refractivity contribution in [2.75, 3.05) is 20.2 Å². The molecule has 29 heavy (non-hydrogen) atoms. The van der Waals surface area contributed by atoms with E-state index in [-0.39, 0.29) is 5.91 Å². The predicted octanol–water partition coefficient (Wildman–Crippen LogP) is 2.56. The highest BCUT2D eigenvalue weighted by Gasteiger charge is 2.26. The molecule has 1 amide bonds. The van der Waals surface area contributed by atoms with Gasteiger partial charge < -0.3 is 14.2 Å². The third-order valence-electron chi connectivity index (χ3n) is 5.13. The highest BCUT2D eigenvalue weighted by molar-refractivity contribution is 5.79. The Hall–Kier alpha value is -3.29. The zero-order chi connectivity index (χ0) is 20.1. The molecule has 3 aromatic rings. The van der Waals surface area contributed by atoms with Gasteiger partial charge in [0.05, 0.1) is 19.7 Å². The van der Waals surface area contributed by atoms with Gasteiger partial charge in [-0.2, -0.15) is 4.98 Å². The van der Waals surface area contributed by atoms with Crippen LogP contribution in [0.4, 0.5) is 0 Å². The Morgan fingerprint density at radius 3 is 3.03 bits per heavy atom. The lowest BCUT2D eigenvalue weighted by Crippen LogP contribution is -2.41. The van der Waals surface area contributed by atoms with Gasteiger partial charge in [0.2, 0.25) is 17.6 Å². The minimum absolute atomic E-state index is 0.116. The molecule has 1 aliphatic rings. The van der Waals surface area contributed by atoms with Crippen LogP contribution in [0, 0.1) is 5.92 Å². The third kappa shape index (κ3) is 4.59. The summed E-state index contributed by atoms with van der Waals surface area (Å²) in [5.74, 6) is 2.16. The minimum atomic E-state index is 0.116. The van der Waals surface area contributed by atoms with E-state index in [0.717, 1.165) is 30.7 Å². The standard InChI is InChI=1S/C21H23N5O3/c1-28-18-7-3-2-6-16(18)12-20(27)26-10-4-5-15(14-26)11-19-24-21(25-29-19)17-13-22-8-9-23-17/h2-3,6-9,13,15H,4-5,10-12,14H2,1H3/t15-/m1/s1. The fourth-order valence-electron chi connectivity index (χ4n) is 3.69. The first kappa shape index (κ1) is 19.0. The molecule has 3 heterocycles. The normalized spacial score (nSPS) is 16.6. The van der Waals surface area contributed by atoms with Crippen molar-refractivity contribution in [2.24, 2.45) is 5.92 Å². The molecule has 0 saturated carbocycles. The molecule has 8 nitrogen and oxygen atoms in total. The fourth-order valence-corrected chi connectivity index (χ4v) is 3.69. The van der Waals surface area contributed by atoms with Gasteiger partial charge in [0.15, 0.2) is 0 Å². The van der Waals surface area contributed by atoms with Crippen molar-refractivity contribution in [3.8, 4) is 17.3 Å². The molecule has 0 radical (unpaired) electrons. The summed E-state index contributed by atoms with van der Waals surface area (Å²) in [6.07, 6.45) is 7.78. The summed E-state index contributed by atoms with van der Waals surface area (Å²) in [5, 5.41) is 4.00. The monoisotopic (exact) mass is 393 g/mol. The molecule has 8 heteroatoms. The van der Waals surface area contributed by atoms with Gasteiger partial charge in [-0.05, 0) is 24.8 Å². The number of carbonyl (C=O) groups excluding carboxylic acids is 1. The second kappa shape index (κ2) is 8.81. The lowest BCUT2D eigenvalue weighted by Gasteiger charge is -2.32. The number of piperidine rings is 1. The van der Waals surface area contributed by atoms with E-state index in [9.17, 15) is 4.79 Å². The van der Waals surface area contributed by atoms with Gasteiger partial charge in [0, 0.05) is 37.5 Å². The molecule has 150 valence electrons. The highest BCUT2D eigenvalue weighted by atomic mass is 16.5. The number of hydrogen-bond donors (Lipinski definition) is 0. The number of methoxy groups -OCH3 is 1. The van der Waals surface area contributed by atoms with E-state index in [1.807, 2.05) is 29.2 Å². The highest BCUT2D eigenvalue weighted by Crippen LogP contribution is 2.24. The minimum Gasteiger partial charge on any atom is -0.496 e. The Morgan fingerprint density at radius 1 is 1.31 bits per heavy atom. The second-order valence-corrected chi connectivity index (χ2v) is 7.14. The second-order valence-electron chi connectivity index (χ2n) is 7.14. The molecule has 1 atom stereocenters. The van der Waals surface area contributed by atoms with Crippen molar-refractivity contribution < 1.29 is 14.1 Å². The van der Waals surface area contributed by atoms with Gasteiger partial charge in [-0.3, -0.25) is 9.78 Å². The molecule has 0 spiro atoms. The van der Waals surface area contributed by atoms with Crippen LogP contribution in [0.25, 0.3) is 11.5 Å². The molecule has 4 rings (SSSR count). The summed E-state index contributed by atoms with van der Waals surface area (Å²) < 4.78 is 10.8. The number of likely N-dealkylation sites (tertiary alicyclic amines) is 1.